The molecule has 2 N–H and O–H groups in total. The van der Waals surface area contributed by atoms with Crippen LogP contribution in [0.2, 0.25) is 0 Å². The normalized spacial score (nSPS) is 30.5. The van der Waals surface area contributed by atoms with E-state index in [1.165, 1.54) is 4.88 Å². The van der Waals surface area contributed by atoms with Gasteiger partial charge in [0.2, 0.25) is 0 Å². The number of hydrogen-bond donors (Lipinski definition) is 2. The van der Waals surface area contributed by atoms with Gasteiger partial charge in [-0.1, -0.05) is 6.92 Å². The van der Waals surface area contributed by atoms with Crippen LogP contribution >= 0.6 is 11.3 Å². The number of nitrogens with zero attached hydrogens (tertiary/aromatic N) is 1. The van der Waals surface area contributed by atoms with Crippen LogP contribution in [0.15, 0.2) is 11.7 Å². The minimum Gasteiger partial charge on any atom is -0.389 e. The Labute approximate surface area is 101 Å². The quantitative estimate of drug-likeness (QED) is 0.848. The Balaban J connectivity index is 1.73. The van der Waals surface area contributed by atoms with Crippen LogP contribution in [0.5, 0.6) is 0 Å². The molecule has 16 heavy (non-hydrogen) atoms. The minimum absolute atomic E-state index is 0.475. The van der Waals surface area contributed by atoms with Crippen molar-refractivity contribution < 1.29 is 5.11 Å². The summed E-state index contributed by atoms with van der Waals surface area (Å²) in [5, 5.41) is 13.7. The maximum atomic E-state index is 10.3. The van der Waals surface area contributed by atoms with Crippen LogP contribution in [0.3, 0.4) is 0 Å². The molecule has 0 spiro atoms. The first-order chi connectivity index (χ1) is 7.68. The molecule has 1 heterocycles. The van der Waals surface area contributed by atoms with Gasteiger partial charge in [-0.05, 0) is 31.6 Å². The van der Waals surface area contributed by atoms with Crippen molar-refractivity contribution in [3.63, 3.8) is 0 Å². The number of rotatable bonds is 4. The Morgan fingerprint density at radius 2 is 2.31 bits per heavy atom. The first kappa shape index (κ1) is 12.0. The minimum atomic E-state index is -0.475. The lowest BCUT2D eigenvalue weighted by molar-refractivity contribution is -0.00625. The molecule has 0 unspecified atom stereocenters. The van der Waals surface area contributed by atoms with Gasteiger partial charge in [0.05, 0.1) is 11.1 Å². The first-order valence-electron chi connectivity index (χ1n) is 5.98. The second-order valence-electron chi connectivity index (χ2n) is 4.98. The number of aromatic nitrogens is 1. The summed E-state index contributed by atoms with van der Waals surface area (Å²) >= 11 is 1.65. The molecule has 1 saturated carbocycles. The second kappa shape index (κ2) is 5.25. The monoisotopic (exact) mass is 240 g/mol. The average molecular weight is 240 g/mol. The fourth-order valence-corrected chi connectivity index (χ4v) is 2.79. The van der Waals surface area contributed by atoms with Crippen molar-refractivity contribution in [3.05, 3.63) is 16.6 Å². The van der Waals surface area contributed by atoms with Crippen molar-refractivity contribution in [1.29, 1.82) is 0 Å². The molecule has 1 aromatic heterocycles. The van der Waals surface area contributed by atoms with Crippen LogP contribution in [-0.2, 0) is 6.54 Å². The van der Waals surface area contributed by atoms with Gasteiger partial charge < -0.3 is 10.4 Å². The van der Waals surface area contributed by atoms with E-state index in [0.717, 1.165) is 38.1 Å². The van der Waals surface area contributed by atoms with Gasteiger partial charge in [0.1, 0.15) is 0 Å². The third-order valence-electron chi connectivity index (χ3n) is 3.44. The fourth-order valence-electron chi connectivity index (χ4n) is 2.22. The molecule has 1 aromatic rings. The van der Waals surface area contributed by atoms with E-state index in [9.17, 15) is 5.11 Å². The van der Waals surface area contributed by atoms with Gasteiger partial charge in [0.25, 0.3) is 0 Å². The number of aliphatic hydroxyl groups is 1. The Morgan fingerprint density at radius 3 is 2.94 bits per heavy atom. The highest BCUT2D eigenvalue weighted by molar-refractivity contribution is 7.09. The van der Waals surface area contributed by atoms with E-state index in [1.54, 1.807) is 11.3 Å². The standard InChI is InChI=1S/C12H20N2OS/c1-10-2-4-12(15,5-3-10)8-13-6-11-7-14-9-16-11/h7,9-10,13,15H,2-6,8H2,1H3. The Morgan fingerprint density at radius 1 is 1.56 bits per heavy atom. The molecule has 0 amide bonds. The molecule has 1 aliphatic carbocycles. The maximum absolute atomic E-state index is 10.3. The van der Waals surface area contributed by atoms with E-state index in [1.807, 2.05) is 11.7 Å². The van der Waals surface area contributed by atoms with Crippen LogP contribution in [0.25, 0.3) is 0 Å². The lowest BCUT2D eigenvalue weighted by Crippen LogP contribution is -2.43. The molecule has 2 rings (SSSR count). The number of hydrogen-bond acceptors (Lipinski definition) is 4. The zero-order valence-corrected chi connectivity index (χ0v) is 10.6. The summed E-state index contributed by atoms with van der Waals surface area (Å²) in [5.41, 5.74) is 1.37. The van der Waals surface area contributed by atoms with Crippen molar-refractivity contribution >= 4 is 11.3 Å². The molecule has 90 valence electrons. The largest absolute Gasteiger partial charge is 0.389 e. The molecule has 0 atom stereocenters. The van der Waals surface area contributed by atoms with Crippen molar-refractivity contribution in [2.24, 2.45) is 5.92 Å². The zero-order chi connectivity index (χ0) is 11.4. The average Bonchev–Trinajstić information content (AvgIpc) is 2.76. The van der Waals surface area contributed by atoms with Crippen LogP contribution < -0.4 is 5.32 Å². The molecule has 0 aliphatic heterocycles. The smallest absolute Gasteiger partial charge is 0.0794 e. The maximum Gasteiger partial charge on any atom is 0.0794 e. The van der Waals surface area contributed by atoms with E-state index in [2.05, 4.69) is 17.2 Å². The van der Waals surface area contributed by atoms with E-state index >= 15 is 0 Å². The topological polar surface area (TPSA) is 45.1 Å². The Kier molecular flexibility index (Phi) is 3.95. The van der Waals surface area contributed by atoms with Gasteiger partial charge in [0, 0.05) is 24.2 Å². The van der Waals surface area contributed by atoms with E-state index in [4.69, 9.17) is 0 Å². The SMILES string of the molecule is CC1CCC(O)(CNCc2cncs2)CC1. The Bertz CT molecular complexity index is 305. The van der Waals surface area contributed by atoms with Crippen LogP contribution in [-0.4, -0.2) is 22.2 Å². The predicted molar refractivity (Wildman–Crippen MR) is 66.4 cm³/mol. The van der Waals surface area contributed by atoms with E-state index < -0.39 is 5.60 Å². The number of nitrogens with one attached hydrogen (secondary N) is 1. The molecule has 3 nitrogen and oxygen atoms in total. The zero-order valence-electron chi connectivity index (χ0n) is 9.78. The summed E-state index contributed by atoms with van der Waals surface area (Å²) in [5.74, 6) is 0.779. The summed E-state index contributed by atoms with van der Waals surface area (Å²) in [6.07, 6.45) is 6.05. The highest BCUT2D eigenvalue weighted by Crippen LogP contribution is 2.31. The Hall–Kier alpha value is -0.450. The van der Waals surface area contributed by atoms with Crippen molar-refractivity contribution in [2.45, 2.75) is 44.8 Å². The molecular weight excluding hydrogens is 220 g/mol. The summed E-state index contributed by atoms with van der Waals surface area (Å²) in [6.45, 7) is 3.80. The first-order valence-corrected chi connectivity index (χ1v) is 6.86. The summed E-state index contributed by atoms with van der Waals surface area (Å²) in [4.78, 5) is 5.26. The van der Waals surface area contributed by atoms with E-state index in [0.29, 0.717) is 6.54 Å². The second-order valence-corrected chi connectivity index (χ2v) is 5.95. The van der Waals surface area contributed by atoms with E-state index in [-0.39, 0.29) is 0 Å². The van der Waals surface area contributed by atoms with Crippen molar-refractivity contribution in [2.75, 3.05) is 6.54 Å². The fraction of sp³-hybridized carbons (Fsp3) is 0.750. The van der Waals surface area contributed by atoms with Crippen LogP contribution in [0.1, 0.15) is 37.5 Å². The van der Waals surface area contributed by atoms with Gasteiger partial charge in [-0.15, -0.1) is 11.3 Å². The van der Waals surface area contributed by atoms with Gasteiger partial charge in [-0.2, -0.15) is 0 Å². The number of thiazole rings is 1. The third-order valence-corrected chi connectivity index (χ3v) is 4.22. The highest BCUT2D eigenvalue weighted by atomic mass is 32.1. The molecular formula is C12H20N2OS. The predicted octanol–water partition coefficient (Wildman–Crippen LogP) is 2.17. The molecule has 1 fully saturated rings. The summed E-state index contributed by atoms with van der Waals surface area (Å²) in [7, 11) is 0. The van der Waals surface area contributed by atoms with Gasteiger partial charge in [0.15, 0.2) is 0 Å². The molecule has 0 saturated heterocycles. The third kappa shape index (κ3) is 3.27. The van der Waals surface area contributed by atoms with Gasteiger partial charge >= 0.3 is 0 Å². The molecule has 0 aromatic carbocycles. The van der Waals surface area contributed by atoms with Crippen molar-refractivity contribution in [1.82, 2.24) is 10.3 Å². The molecule has 4 heteroatoms. The lowest BCUT2D eigenvalue weighted by Gasteiger charge is -2.35. The molecule has 1 aliphatic rings. The molecule has 0 bridgehead atoms. The molecule has 0 radical (unpaired) electrons. The summed E-state index contributed by atoms with van der Waals surface area (Å²) in [6, 6.07) is 0. The lowest BCUT2D eigenvalue weighted by atomic mass is 9.79. The van der Waals surface area contributed by atoms with Crippen LogP contribution in [0.4, 0.5) is 0 Å². The van der Waals surface area contributed by atoms with Crippen molar-refractivity contribution in [3.8, 4) is 0 Å². The highest BCUT2D eigenvalue weighted by Gasteiger charge is 2.31. The summed E-state index contributed by atoms with van der Waals surface area (Å²) < 4.78 is 0. The van der Waals surface area contributed by atoms with Crippen LogP contribution in [0, 0.1) is 5.92 Å². The van der Waals surface area contributed by atoms with Gasteiger partial charge in [-0.3, -0.25) is 4.98 Å². The van der Waals surface area contributed by atoms with Gasteiger partial charge in [-0.25, -0.2) is 0 Å².